The molecule has 2 aromatic rings. The van der Waals surface area contributed by atoms with Crippen molar-refractivity contribution < 1.29 is 19.1 Å². The summed E-state index contributed by atoms with van der Waals surface area (Å²) in [5, 5.41) is 13.8. The third-order valence-corrected chi connectivity index (χ3v) is 3.97. The van der Waals surface area contributed by atoms with Crippen LogP contribution in [-0.2, 0) is 4.79 Å². The molecule has 2 aromatic heterocycles. The number of nitrogens with one attached hydrogen (secondary N) is 1. The number of carboxylic acid groups (broad SMARTS) is 1. The Morgan fingerprint density at radius 2 is 2.30 bits per heavy atom. The van der Waals surface area contributed by atoms with Gasteiger partial charge in [-0.25, -0.2) is 9.78 Å². The second-order valence-electron chi connectivity index (χ2n) is 4.64. The Balaban J connectivity index is 1.72. The molecule has 104 valence electrons. The molecule has 1 saturated carbocycles. The molecule has 0 radical (unpaired) electrons. The predicted octanol–water partition coefficient (Wildman–Crippen LogP) is 2.00. The topological polar surface area (TPSA) is 92.4 Å². The lowest BCUT2D eigenvalue weighted by molar-refractivity contribution is -0.139. The first kappa shape index (κ1) is 12.9. The lowest BCUT2D eigenvalue weighted by Crippen LogP contribution is -2.42. The van der Waals surface area contributed by atoms with E-state index in [1.165, 1.54) is 17.6 Å². The standard InChI is InChI=1S/C13H12N2O4S/c16-11(15-10(13(17)18)7-3-4-7)8-6-20-12(14-8)9-2-1-5-19-9/h1-2,5-7,10H,3-4H2,(H,15,16)(H,17,18). The molecule has 1 amide bonds. The fourth-order valence-corrected chi connectivity index (χ4v) is 2.68. The van der Waals surface area contributed by atoms with Gasteiger partial charge in [-0.3, -0.25) is 4.79 Å². The third kappa shape index (κ3) is 2.57. The van der Waals surface area contributed by atoms with Crippen molar-refractivity contribution in [2.45, 2.75) is 18.9 Å². The van der Waals surface area contributed by atoms with Crippen LogP contribution in [-0.4, -0.2) is 28.0 Å². The van der Waals surface area contributed by atoms with Crippen LogP contribution in [0.15, 0.2) is 28.2 Å². The van der Waals surface area contributed by atoms with E-state index in [-0.39, 0.29) is 11.6 Å². The molecular weight excluding hydrogens is 280 g/mol. The van der Waals surface area contributed by atoms with Gasteiger partial charge in [0.15, 0.2) is 10.8 Å². The summed E-state index contributed by atoms with van der Waals surface area (Å²) in [6, 6.07) is 2.67. The van der Waals surface area contributed by atoms with Gasteiger partial charge in [0.2, 0.25) is 0 Å². The molecule has 1 fully saturated rings. The maximum Gasteiger partial charge on any atom is 0.326 e. The number of hydrogen-bond donors (Lipinski definition) is 2. The molecule has 7 heteroatoms. The quantitative estimate of drug-likeness (QED) is 0.879. The predicted molar refractivity (Wildman–Crippen MR) is 71.4 cm³/mol. The van der Waals surface area contributed by atoms with Crippen LogP contribution in [0.25, 0.3) is 10.8 Å². The summed E-state index contributed by atoms with van der Waals surface area (Å²) in [7, 11) is 0. The molecule has 1 aliphatic carbocycles. The van der Waals surface area contributed by atoms with Gasteiger partial charge in [0, 0.05) is 5.38 Å². The highest BCUT2D eigenvalue weighted by Crippen LogP contribution is 2.33. The smallest absolute Gasteiger partial charge is 0.326 e. The first-order chi connectivity index (χ1) is 9.65. The fraction of sp³-hybridized carbons (Fsp3) is 0.308. The Labute approximate surface area is 118 Å². The van der Waals surface area contributed by atoms with Gasteiger partial charge >= 0.3 is 5.97 Å². The molecule has 1 atom stereocenters. The van der Waals surface area contributed by atoms with E-state index in [0.29, 0.717) is 10.8 Å². The van der Waals surface area contributed by atoms with E-state index in [0.717, 1.165) is 12.8 Å². The average Bonchev–Trinajstić information content (AvgIpc) is 2.94. The Kier molecular flexibility index (Phi) is 3.27. The van der Waals surface area contributed by atoms with Crippen molar-refractivity contribution in [1.82, 2.24) is 10.3 Å². The first-order valence-electron chi connectivity index (χ1n) is 6.18. The maximum atomic E-state index is 12.0. The largest absolute Gasteiger partial charge is 0.480 e. The summed E-state index contributed by atoms with van der Waals surface area (Å²) < 4.78 is 5.20. The van der Waals surface area contributed by atoms with E-state index in [4.69, 9.17) is 9.52 Å². The molecule has 2 heterocycles. The van der Waals surface area contributed by atoms with E-state index in [9.17, 15) is 9.59 Å². The van der Waals surface area contributed by atoms with Crippen molar-refractivity contribution in [3.8, 4) is 10.8 Å². The van der Waals surface area contributed by atoms with Crippen LogP contribution in [0.4, 0.5) is 0 Å². The number of aromatic nitrogens is 1. The third-order valence-electron chi connectivity index (χ3n) is 3.11. The van der Waals surface area contributed by atoms with Gasteiger partial charge in [0.1, 0.15) is 11.7 Å². The number of hydrogen-bond acceptors (Lipinski definition) is 5. The first-order valence-corrected chi connectivity index (χ1v) is 7.06. The highest BCUT2D eigenvalue weighted by molar-refractivity contribution is 7.13. The number of furan rings is 1. The molecule has 0 aliphatic heterocycles. The van der Waals surface area contributed by atoms with Crippen LogP contribution in [0, 0.1) is 5.92 Å². The molecule has 3 rings (SSSR count). The maximum absolute atomic E-state index is 12.0. The van der Waals surface area contributed by atoms with Gasteiger partial charge in [-0.1, -0.05) is 0 Å². The second-order valence-corrected chi connectivity index (χ2v) is 5.50. The van der Waals surface area contributed by atoms with Crippen LogP contribution in [0.2, 0.25) is 0 Å². The van der Waals surface area contributed by atoms with Crippen molar-refractivity contribution in [1.29, 1.82) is 0 Å². The van der Waals surface area contributed by atoms with Crippen LogP contribution < -0.4 is 5.32 Å². The Bertz CT molecular complexity index is 631. The van der Waals surface area contributed by atoms with E-state index < -0.39 is 17.9 Å². The SMILES string of the molecule is O=C(NC(C(=O)O)C1CC1)c1csc(-c2ccco2)n1. The fourth-order valence-electron chi connectivity index (χ4n) is 1.92. The zero-order valence-corrected chi connectivity index (χ0v) is 11.2. The molecule has 20 heavy (non-hydrogen) atoms. The minimum absolute atomic E-state index is 0.0413. The van der Waals surface area contributed by atoms with E-state index >= 15 is 0 Å². The van der Waals surface area contributed by atoms with Crippen LogP contribution in [0.3, 0.4) is 0 Å². The summed E-state index contributed by atoms with van der Waals surface area (Å²) in [6.45, 7) is 0. The van der Waals surface area contributed by atoms with Gasteiger partial charge < -0.3 is 14.8 Å². The number of carbonyl (C=O) groups is 2. The Morgan fingerprint density at radius 3 is 2.90 bits per heavy atom. The number of aliphatic carboxylic acids is 1. The monoisotopic (exact) mass is 292 g/mol. The number of amides is 1. The van der Waals surface area contributed by atoms with Crippen LogP contribution in [0.5, 0.6) is 0 Å². The number of carboxylic acids is 1. The summed E-state index contributed by atoms with van der Waals surface area (Å²) in [4.78, 5) is 27.3. The van der Waals surface area contributed by atoms with Gasteiger partial charge in [0.25, 0.3) is 5.91 Å². The minimum Gasteiger partial charge on any atom is -0.480 e. The number of thiazole rings is 1. The zero-order valence-electron chi connectivity index (χ0n) is 10.4. The van der Waals surface area contributed by atoms with Crippen molar-refractivity contribution in [2.24, 2.45) is 5.92 Å². The van der Waals surface area contributed by atoms with E-state index in [1.807, 2.05) is 0 Å². The summed E-state index contributed by atoms with van der Waals surface area (Å²) in [6.07, 6.45) is 3.21. The molecule has 0 saturated heterocycles. The lowest BCUT2D eigenvalue weighted by Gasteiger charge is -2.12. The summed E-state index contributed by atoms with van der Waals surface area (Å²) in [5.41, 5.74) is 0.216. The molecule has 6 nitrogen and oxygen atoms in total. The zero-order chi connectivity index (χ0) is 14.1. The Morgan fingerprint density at radius 1 is 1.50 bits per heavy atom. The van der Waals surface area contributed by atoms with Gasteiger partial charge in [0.05, 0.1) is 6.26 Å². The molecular formula is C13H12N2O4S. The van der Waals surface area contributed by atoms with Gasteiger partial charge in [-0.15, -0.1) is 11.3 Å². The van der Waals surface area contributed by atoms with Gasteiger partial charge in [-0.2, -0.15) is 0 Å². The molecule has 1 unspecified atom stereocenters. The summed E-state index contributed by atoms with van der Waals surface area (Å²) in [5.74, 6) is -0.827. The van der Waals surface area contributed by atoms with Crippen molar-refractivity contribution in [3.63, 3.8) is 0 Å². The lowest BCUT2D eigenvalue weighted by atomic mass is 10.2. The van der Waals surface area contributed by atoms with Crippen molar-refractivity contribution in [3.05, 3.63) is 29.5 Å². The van der Waals surface area contributed by atoms with E-state index in [2.05, 4.69) is 10.3 Å². The molecule has 2 N–H and O–H groups in total. The van der Waals surface area contributed by atoms with Crippen molar-refractivity contribution >= 4 is 23.2 Å². The highest BCUT2D eigenvalue weighted by atomic mass is 32.1. The number of nitrogens with zero attached hydrogens (tertiary/aromatic N) is 1. The molecule has 0 aromatic carbocycles. The van der Waals surface area contributed by atoms with Crippen molar-refractivity contribution in [2.75, 3.05) is 0 Å². The summed E-state index contributed by atoms with van der Waals surface area (Å²) >= 11 is 1.28. The van der Waals surface area contributed by atoms with Gasteiger partial charge in [-0.05, 0) is 30.9 Å². The minimum atomic E-state index is -0.998. The number of carbonyl (C=O) groups excluding carboxylic acids is 1. The van der Waals surface area contributed by atoms with Crippen LogP contribution in [0.1, 0.15) is 23.3 Å². The normalized spacial score (nSPS) is 15.8. The molecule has 0 spiro atoms. The highest BCUT2D eigenvalue weighted by Gasteiger charge is 2.37. The average molecular weight is 292 g/mol. The Hall–Kier alpha value is -2.15. The van der Waals surface area contributed by atoms with E-state index in [1.54, 1.807) is 17.5 Å². The van der Waals surface area contributed by atoms with Crippen LogP contribution >= 0.6 is 11.3 Å². The number of rotatable bonds is 5. The molecule has 1 aliphatic rings. The second kappa shape index (κ2) is 5.09. The molecule has 0 bridgehead atoms.